The van der Waals surface area contributed by atoms with Gasteiger partial charge in [0.15, 0.2) is 5.96 Å². The van der Waals surface area contributed by atoms with E-state index < -0.39 is 11.6 Å². The summed E-state index contributed by atoms with van der Waals surface area (Å²) in [6, 6.07) is 13.4. The maximum absolute atomic E-state index is 13.5. The molecular weight excluding hydrogens is 411 g/mol. The first-order valence-corrected chi connectivity index (χ1v) is 7.11. The van der Waals surface area contributed by atoms with Crippen molar-refractivity contribution in [1.82, 2.24) is 10.6 Å². The molecular formula is C17H20F2IN3. The van der Waals surface area contributed by atoms with Crippen molar-refractivity contribution in [3.8, 4) is 0 Å². The predicted octanol–water partition coefficient (Wildman–Crippen LogP) is 3.49. The predicted molar refractivity (Wildman–Crippen MR) is 100 cm³/mol. The molecule has 0 spiro atoms. The summed E-state index contributed by atoms with van der Waals surface area (Å²) in [5.41, 5.74) is 1.49. The van der Waals surface area contributed by atoms with Crippen LogP contribution in [0.3, 0.4) is 0 Å². The molecule has 0 aliphatic rings. The molecule has 0 atom stereocenters. The average molecular weight is 431 g/mol. The van der Waals surface area contributed by atoms with Gasteiger partial charge >= 0.3 is 0 Å². The van der Waals surface area contributed by atoms with Crippen LogP contribution in [0.4, 0.5) is 8.78 Å². The van der Waals surface area contributed by atoms with Gasteiger partial charge in [-0.3, -0.25) is 4.99 Å². The van der Waals surface area contributed by atoms with E-state index in [4.69, 9.17) is 0 Å². The first-order chi connectivity index (χ1) is 10.7. The number of nitrogens with one attached hydrogen (secondary N) is 2. The lowest BCUT2D eigenvalue weighted by Gasteiger charge is -2.12. The molecule has 0 unspecified atom stereocenters. The zero-order valence-corrected chi connectivity index (χ0v) is 15.2. The molecule has 0 fully saturated rings. The van der Waals surface area contributed by atoms with Gasteiger partial charge in [0.05, 0.1) is 0 Å². The van der Waals surface area contributed by atoms with Gasteiger partial charge in [-0.15, -0.1) is 24.0 Å². The Morgan fingerprint density at radius 2 is 1.78 bits per heavy atom. The molecule has 23 heavy (non-hydrogen) atoms. The van der Waals surface area contributed by atoms with Gasteiger partial charge in [-0.1, -0.05) is 30.3 Å². The first-order valence-electron chi connectivity index (χ1n) is 7.11. The van der Waals surface area contributed by atoms with Crippen LogP contribution in [0.1, 0.15) is 11.1 Å². The zero-order valence-electron chi connectivity index (χ0n) is 12.9. The third kappa shape index (κ3) is 6.52. The van der Waals surface area contributed by atoms with Gasteiger partial charge in [0.2, 0.25) is 0 Å². The van der Waals surface area contributed by atoms with Gasteiger partial charge in [-0.25, -0.2) is 8.78 Å². The lowest BCUT2D eigenvalue weighted by atomic mass is 10.1. The van der Waals surface area contributed by atoms with Crippen LogP contribution in [0.5, 0.6) is 0 Å². The van der Waals surface area contributed by atoms with E-state index in [1.165, 1.54) is 6.07 Å². The highest BCUT2D eigenvalue weighted by atomic mass is 127. The maximum Gasteiger partial charge on any atom is 0.191 e. The second kappa shape index (κ2) is 10.1. The van der Waals surface area contributed by atoms with Crippen molar-refractivity contribution in [3.05, 3.63) is 71.3 Å². The molecule has 0 amide bonds. The molecule has 2 rings (SSSR count). The standard InChI is InChI=1S/C17H19F2N3.HI/c1-20-17(22-12-13-5-3-2-4-6-13)21-10-9-14-11-15(18)7-8-16(14)19;/h2-8,11H,9-10,12H2,1H3,(H2,20,21,22);1H. The van der Waals surface area contributed by atoms with Crippen LogP contribution in [0, 0.1) is 11.6 Å². The molecule has 0 aliphatic heterocycles. The minimum atomic E-state index is -0.428. The summed E-state index contributed by atoms with van der Waals surface area (Å²) < 4.78 is 26.6. The highest BCUT2D eigenvalue weighted by molar-refractivity contribution is 14.0. The van der Waals surface area contributed by atoms with Gasteiger partial charge < -0.3 is 10.6 Å². The fourth-order valence-corrected chi connectivity index (χ4v) is 2.05. The third-order valence-electron chi connectivity index (χ3n) is 3.22. The molecule has 124 valence electrons. The van der Waals surface area contributed by atoms with Crippen LogP contribution in [-0.4, -0.2) is 19.6 Å². The second-order valence-electron chi connectivity index (χ2n) is 4.82. The van der Waals surface area contributed by atoms with Crippen molar-refractivity contribution < 1.29 is 8.78 Å². The molecule has 0 aliphatic carbocycles. The van der Waals surface area contributed by atoms with Crippen molar-refractivity contribution in [1.29, 1.82) is 0 Å². The number of hydrogen-bond acceptors (Lipinski definition) is 1. The summed E-state index contributed by atoms with van der Waals surface area (Å²) in [4.78, 5) is 4.10. The number of hydrogen-bond donors (Lipinski definition) is 2. The molecule has 0 heterocycles. The Morgan fingerprint density at radius 1 is 1.04 bits per heavy atom. The summed E-state index contributed by atoms with van der Waals surface area (Å²) in [5, 5.41) is 6.25. The molecule has 2 aromatic carbocycles. The Kier molecular flexibility index (Phi) is 8.53. The molecule has 2 N–H and O–H groups in total. The van der Waals surface area contributed by atoms with Crippen LogP contribution in [0.15, 0.2) is 53.5 Å². The van der Waals surface area contributed by atoms with Crippen LogP contribution in [0.2, 0.25) is 0 Å². The van der Waals surface area contributed by atoms with E-state index in [9.17, 15) is 8.78 Å². The first kappa shape index (κ1) is 19.3. The van der Waals surface area contributed by atoms with Crippen molar-refractivity contribution >= 4 is 29.9 Å². The largest absolute Gasteiger partial charge is 0.356 e. The van der Waals surface area contributed by atoms with Crippen LogP contribution < -0.4 is 10.6 Å². The third-order valence-corrected chi connectivity index (χ3v) is 3.22. The Labute approximate surface area is 152 Å². The normalized spacial score (nSPS) is 10.8. The maximum atomic E-state index is 13.5. The second-order valence-corrected chi connectivity index (χ2v) is 4.82. The topological polar surface area (TPSA) is 36.4 Å². The smallest absolute Gasteiger partial charge is 0.191 e. The highest BCUT2D eigenvalue weighted by Gasteiger charge is 2.04. The summed E-state index contributed by atoms with van der Waals surface area (Å²) in [6.07, 6.45) is 0.385. The molecule has 3 nitrogen and oxygen atoms in total. The number of nitrogens with zero attached hydrogens (tertiary/aromatic N) is 1. The minimum absolute atomic E-state index is 0. The van der Waals surface area contributed by atoms with Crippen LogP contribution in [-0.2, 0) is 13.0 Å². The van der Waals surface area contributed by atoms with E-state index in [2.05, 4.69) is 15.6 Å². The van der Waals surface area contributed by atoms with Crippen molar-refractivity contribution in [2.75, 3.05) is 13.6 Å². The Balaban J connectivity index is 0.00000264. The Bertz CT molecular complexity index is 633. The van der Waals surface area contributed by atoms with Crippen molar-refractivity contribution in [2.45, 2.75) is 13.0 Å². The van der Waals surface area contributed by atoms with Crippen LogP contribution >= 0.6 is 24.0 Å². The number of halogens is 3. The summed E-state index contributed by atoms with van der Waals surface area (Å²) >= 11 is 0. The lowest BCUT2D eigenvalue weighted by molar-refractivity contribution is 0.583. The monoisotopic (exact) mass is 431 g/mol. The average Bonchev–Trinajstić information content (AvgIpc) is 2.55. The molecule has 0 radical (unpaired) electrons. The van der Waals surface area contributed by atoms with E-state index in [0.29, 0.717) is 31.0 Å². The summed E-state index contributed by atoms with van der Waals surface area (Å²) in [6.45, 7) is 1.11. The van der Waals surface area contributed by atoms with Gasteiger partial charge in [-0.05, 0) is 35.7 Å². The summed E-state index contributed by atoms with van der Waals surface area (Å²) in [7, 11) is 1.67. The molecule has 0 bridgehead atoms. The lowest BCUT2D eigenvalue weighted by Crippen LogP contribution is -2.37. The number of aliphatic imine (C=N–C) groups is 1. The quantitative estimate of drug-likeness (QED) is 0.432. The molecule has 6 heteroatoms. The van der Waals surface area contributed by atoms with E-state index >= 15 is 0 Å². The Morgan fingerprint density at radius 3 is 2.48 bits per heavy atom. The van der Waals surface area contributed by atoms with E-state index in [0.717, 1.165) is 17.7 Å². The number of benzene rings is 2. The van der Waals surface area contributed by atoms with Crippen LogP contribution in [0.25, 0.3) is 0 Å². The van der Waals surface area contributed by atoms with E-state index in [1.54, 1.807) is 7.05 Å². The minimum Gasteiger partial charge on any atom is -0.356 e. The molecule has 0 saturated carbocycles. The van der Waals surface area contributed by atoms with Gasteiger partial charge in [-0.2, -0.15) is 0 Å². The van der Waals surface area contributed by atoms with Gasteiger partial charge in [0.25, 0.3) is 0 Å². The van der Waals surface area contributed by atoms with Gasteiger partial charge in [0, 0.05) is 20.1 Å². The van der Waals surface area contributed by atoms with E-state index in [-0.39, 0.29) is 24.0 Å². The number of rotatable bonds is 5. The highest BCUT2D eigenvalue weighted by Crippen LogP contribution is 2.09. The SMILES string of the molecule is CN=C(NCCc1cc(F)ccc1F)NCc1ccccc1.I. The fourth-order valence-electron chi connectivity index (χ4n) is 2.05. The molecule has 0 aromatic heterocycles. The number of guanidine groups is 1. The fraction of sp³-hybridized carbons (Fsp3) is 0.235. The molecule has 0 saturated heterocycles. The zero-order chi connectivity index (χ0) is 15.8. The van der Waals surface area contributed by atoms with E-state index in [1.807, 2.05) is 30.3 Å². The molecule has 2 aromatic rings. The van der Waals surface area contributed by atoms with Crippen molar-refractivity contribution in [3.63, 3.8) is 0 Å². The van der Waals surface area contributed by atoms with Crippen molar-refractivity contribution in [2.24, 2.45) is 4.99 Å². The van der Waals surface area contributed by atoms with Gasteiger partial charge in [0.1, 0.15) is 11.6 Å². The Hall–Kier alpha value is -1.70. The summed E-state index contributed by atoms with van der Waals surface area (Å²) in [5.74, 6) is -0.195.